The minimum atomic E-state index is 0.00142. The van der Waals surface area contributed by atoms with Gasteiger partial charge in [-0.2, -0.15) is 0 Å². The second-order valence-electron chi connectivity index (χ2n) is 9.77. The van der Waals surface area contributed by atoms with Crippen molar-refractivity contribution in [1.29, 1.82) is 0 Å². The van der Waals surface area contributed by atoms with Crippen molar-refractivity contribution >= 4 is 43.6 Å². The Morgan fingerprint density at radius 3 is 1.64 bits per heavy atom. The monoisotopic (exact) mass is 516 g/mol. The topological polar surface area (TPSA) is 62.5 Å². The number of para-hydroxylation sites is 4. The van der Waals surface area contributed by atoms with Crippen LogP contribution in [0.2, 0.25) is 0 Å². The Labute approximate surface area is 224 Å². The molecule has 6 heteroatoms. The molecule has 0 aliphatic rings. The number of hydrogen-bond acceptors (Lipinski definition) is 4. The van der Waals surface area contributed by atoms with E-state index in [0.29, 0.717) is 46.3 Å². The van der Waals surface area contributed by atoms with Crippen molar-refractivity contribution in [1.82, 2.24) is 9.13 Å². The third-order valence-electron chi connectivity index (χ3n) is 7.30. The van der Waals surface area contributed by atoms with E-state index >= 15 is 0 Å². The minimum Gasteiger partial charge on any atom is -0.487 e. The molecule has 6 nitrogen and oxygen atoms in total. The van der Waals surface area contributed by atoms with Crippen molar-refractivity contribution in [2.75, 3.05) is 13.2 Å². The zero-order valence-electron chi connectivity index (χ0n) is 22.1. The zero-order valence-corrected chi connectivity index (χ0v) is 22.1. The second kappa shape index (κ2) is 9.80. The van der Waals surface area contributed by atoms with Crippen LogP contribution in [0.5, 0.6) is 11.5 Å². The van der Waals surface area contributed by atoms with E-state index < -0.39 is 0 Å². The average molecular weight is 517 g/mol. The molecule has 0 saturated carbocycles. The second-order valence-corrected chi connectivity index (χ2v) is 9.77. The molecule has 2 aromatic heterocycles. The van der Waals surface area contributed by atoms with Crippen molar-refractivity contribution in [2.45, 2.75) is 6.92 Å². The molecule has 0 bridgehead atoms. The molecule has 194 valence electrons. The highest BCUT2D eigenvalue weighted by Crippen LogP contribution is 2.28. The van der Waals surface area contributed by atoms with Gasteiger partial charge in [0.15, 0.2) is 10.9 Å². The Balaban J connectivity index is 1.25. The van der Waals surface area contributed by atoms with Gasteiger partial charge in [0.1, 0.15) is 24.7 Å². The molecule has 2 heterocycles. The first-order valence-corrected chi connectivity index (χ1v) is 12.9. The van der Waals surface area contributed by atoms with E-state index in [2.05, 4.69) is 0 Å². The maximum absolute atomic E-state index is 13.1. The number of rotatable bonds is 6. The number of ether oxygens (including phenoxy) is 2. The Morgan fingerprint density at radius 2 is 1.10 bits per heavy atom. The van der Waals surface area contributed by atoms with Crippen LogP contribution in [0.4, 0.5) is 0 Å². The molecule has 0 atom stereocenters. The van der Waals surface area contributed by atoms with Crippen LogP contribution in [0.1, 0.15) is 6.92 Å². The SMILES string of the molecule is C/C(=C\COc1cccc2c(=O)c3ccccc3n(C)c12)COc1cccc2c(=O)c3ccccc3n(C)c12. The molecule has 39 heavy (non-hydrogen) atoms. The standard InChI is InChI=1S/C33H28N2O4/c1-21(20-39-29-17-9-13-25-31(29)35(3)27-15-7-5-11-23(27)33(25)37)18-19-38-28-16-8-12-24-30(28)34(2)26-14-6-4-10-22(26)32(24)36/h4-18H,19-20H2,1-3H3/b21-18+. The number of hydrogen-bond donors (Lipinski definition) is 0. The maximum Gasteiger partial charge on any atom is 0.197 e. The van der Waals surface area contributed by atoms with Gasteiger partial charge < -0.3 is 18.6 Å². The lowest BCUT2D eigenvalue weighted by Gasteiger charge is -2.15. The fourth-order valence-electron chi connectivity index (χ4n) is 5.31. The predicted octanol–water partition coefficient (Wildman–Crippen LogP) is 6.10. The lowest BCUT2D eigenvalue weighted by molar-refractivity contribution is 0.344. The van der Waals surface area contributed by atoms with Gasteiger partial charge in [-0.1, -0.05) is 36.4 Å². The van der Waals surface area contributed by atoms with Crippen LogP contribution in [0, 0.1) is 0 Å². The Kier molecular flexibility index (Phi) is 6.15. The fraction of sp³-hybridized carbons (Fsp3) is 0.152. The van der Waals surface area contributed by atoms with Crippen molar-refractivity contribution in [2.24, 2.45) is 14.1 Å². The van der Waals surface area contributed by atoms with Gasteiger partial charge in [0, 0.05) is 24.9 Å². The summed E-state index contributed by atoms with van der Waals surface area (Å²) in [6.07, 6.45) is 1.97. The average Bonchev–Trinajstić information content (AvgIpc) is 2.97. The number of nitrogens with zero attached hydrogens (tertiary/aromatic N) is 2. The van der Waals surface area contributed by atoms with Gasteiger partial charge in [0.05, 0.1) is 32.8 Å². The number of benzene rings is 4. The van der Waals surface area contributed by atoms with E-state index in [1.807, 2.05) is 121 Å². The van der Waals surface area contributed by atoms with Gasteiger partial charge >= 0.3 is 0 Å². The molecule has 6 rings (SSSR count). The van der Waals surface area contributed by atoms with Crippen molar-refractivity contribution in [3.8, 4) is 11.5 Å². The first kappa shape index (κ1) is 24.5. The van der Waals surface area contributed by atoms with Crippen LogP contribution in [-0.2, 0) is 14.1 Å². The predicted molar refractivity (Wildman–Crippen MR) is 158 cm³/mol. The number of aromatic nitrogens is 2. The van der Waals surface area contributed by atoms with Crippen LogP contribution in [-0.4, -0.2) is 22.3 Å². The Hall–Kier alpha value is -4.84. The lowest BCUT2D eigenvalue weighted by Crippen LogP contribution is -2.11. The van der Waals surface area contributed by atoms with Crippen LogP contribution in [0.15, 0.2) is 106 Å². The summed E-state index contributed by atoms with van der Waals surface area (Å²) in [5.41, 5.74) is 4.26. The Bertz CT molecular complexity index is 2050. The molecule has 0 aliphatic carbocycles. The highest BCUT2D eigenvalue weighted by Gasteiger charge is 2.14. The first-order chi connectivity index (χ1) is 19.0. The first-order valence-electron chi connectivity index (χ1n) is 12.9. The third kappa shape index (κ3) is 4.14. The highest BCUT2D eigenvalue weighted by molar-refractivity contribution is 5.97. The van der Waals surface area contributed by atoms with Crippen LogP contribution in [0.3, 0.4) is 0 Å². The lowest BCUT2D eigenvalue weighted by atomic mass is 10.1. The van der Waals surface area contributed by atoms with E-state index in [1.165, 1.54) is 0 Å². The minimum absolute atomic E-state index is 0.00142. The molecule has 0 N–H and O–H groups in total. The van der Waals surface area contributed by atoms with Crippen LogP contribution < -0.4 is 20.3 Å². The van der Waals surface area contributed by atoms with E-state index in [0.717, 1.165) is 27.6 Å². The van der Waals surface area contributed by atoms with Gasteiger partial charge in [0.2, 0.25) is 0 Å². The molecule has 0 aliphatic heterocycles. The summed E-state index contributed by atoms with van der Waals surface area (Å²) in [6, 6.07) is 26.4. The van der Waals surface area contributed by atoms with Crippen LogP contribution in [0.25, 0.3) is 43.6 Å². The fourth-order valence-corrected chi connectivity index (χ4v) is 5.31. The summed E-state index contributed by atoms with van der Waals surface area (Å²) < 4.78 is 16.4. The maximum atomic E-state index is 13.1. The van der Waals surface area contributed by atoms with Gasteiger partial charge in [-0.3, -0.25) is 9.59 Å². The summed E-state index contributed by atoms with van der Waals surface area (Å²) in [5.74, 6) is 1.31. The molecule has 0 saturated heterocycles. The van der Waals surface area contributed by atoms with E-state index in [-0.39, 0.29) is 10.9 Å². The van der Waals surface area contributed by atoms with Crippen molar-refractivity contribution in [3.63, 3.8) is 0 Å². The van der Waals surface area contributed by atoms with E-state index in [9.17, 15) is 9.59 Å². The molecule has 0 unspecified atom stereocenters. The zero-order chi connectivity index (χ0) is 27.1. The number of fused-ring (bicyclic) bond motifs is 4. The molecular formula is C33H28N2O4. The van der Waals surface area contributed by atoms with Gasteiger partial charge in [0.25, 0.3) is 0 Å². The smallest absolute Gasteiger partial charge is 0.197 e. The van der Waals surface area contributed by atoms with Gasteiger partial charge in [-0.15, -0.1) is 0 Å². The highest BCUT2D eigenvalue weighted by atomic mass is 16.5. The molecule has 0 amide bonds. The molecule has 0 radical (unpaired) electrons. The summed E-state index contributed by atoms with van der Waals surface area (Å²) in [5, 5.41) is 2.65. The normalized spacial score (nSPS) is 12.0. The van der Waals surface area contributed by atoms with Gasteiger partial charge in [-0.05, 0) is 67.1 Å². The van der Waals surface area contributed by atoms with Crippen molar-refractivity contribution in [3.05, 3.63) is 117 Å². The Morgan fingerprint density at radius 1 is 0.641 bits per heavy atom. The molecule has 0 spiro atoms. The van der Waals surface area contributed by atoms with Gasteiger partial charge in [-0.25, -0.2) is 0 Å². The number of pyridine rings is 2. The summed E-state index contributed by atoms with van der Waals surface area (Å²) >= 11 is 0. The largest absolute Gasteiger partial charge is 0.487 e. The summed E-state index contributed by atoms with van der Waals surface area (Å²) in [7, 11) is 3.90. The summed E-state index contributed by atoms with van der Waals surface area (Å²) in [4.78, 5) is 26.2. The molecular weight excluding hydrogens is 488 g/mol. The van der Waals surface area contributed by atoms with E-state index in [4.69, 9.17) is 9.47 Å². The summed E-state index contributed by atoms with van der Waals surface area (Å²) in [6.45, 7) is 2.66. The molecule has 4 aromatic carbocycles. The quantitative estimate of drug-likeness (QED) is 0.198. The van der Waals surface area contributed by atoms with Crippen LogP contribution >= 0.6 is 0 Å². The molecule has 0 fully saturated rings. The molecule has 6 aromatic rings. The van der Waals surface area contributed by atoms with Crippen molar-refractivity contribution < 1.29 is 9.47 Å². The number of aryl methyl sites for hydroxylation is 2. The van der Waals surface area contributed by atoms with E-state index in [1.54, 1.807) is 0 Å². The third-order valence-corrected chi connectivity index (χ3v) is 7.30.